The van der Waals surface area contributed by atoms with E-state index in [0.29, 0.717) is 6.04 Å². The van der Waals surface area contributed by atoms with E-state index in [4.69, 9.17) is 0 Å². The Balaban J connectivity index is 1.79. The minimum absolute atomic E-state index is 0.654. The van der Waals surface area contributed by atoms with Crippen LogP contribution >= 0.6 is 0 Å². The summed E-state index contributed by atoms with van der Waals surface area (Å²) in [5.41, 5.74) is 1.39. The number of hydrogen-bond acceptors (Lipinski definition) is 3. The molecule has 1 aromatic heterocycles. The molecule has 17 heavy (non-hydrogen) atoms. The van der Waals surface area contributed by atoms with Crippen molar-refractivity contribution in [3.63, 3.8) is 0 Å². The molecular formula is C14H23N3. The third-order valence-electron chi connectivity index (χ3n) is 3.56. The first kappa shape index (κ1) is 12.5. The lowest BCUT2D eigenvalue weighted by Gasteiger charge is -2.35. The summed E-state index contributed by atoms with van der Waals surface area (Å²) < 4.78 is 0. The number of nitrogens with one attached hydrogen (secondary N) is 1. The van der Waals surface area contributed by atoms with Crippen LogP contribution in [0.4, 0.5) is 0 Å². The SMILES string of the molecule is CC(C)C1CN(CCc2ccncc2)CCN1. The third-order valence-corrected chi connectivity index (χ3v) is 3.56. The van der Waals surface area contributed by atoms with Gasteiger partial charge in [-0.1, -0.05) is 13.8 Å². The predicted molar refractivity (Wildman–Crippen MR) is 71.0 cm³/mol. The average molecular weight is 233 g/mol. The van der Waals surface area contributed by atoms with Gasteiger partial charge in [0, 0.05) is 44.6 Å². The molecule has 2 heterocycles. The fourth-order valence-electron chi connectivity index (χ4n) is 2.33. The Hall–Kier alpha value is -0.930. The summed E-state index contributed by atoms with van der Waals surface area (Å²) in [5, 5.41) is 3.60. The molecule has 0 aliphatic carbocycles. The molecule has 1 aromatic rings. The molecule has 3 nitrogen and oxygen atoms in total. The number of piperazine rings is 1. The highest BCUT2D eigenvalue weighted by Crippen LogP contribution is 2.09. The molecule has 1 N–H and O–H groups in total. The van der Waals surface area contributed by atoms with Crippen molar-refractivity contribution in [2.24, 2.45) is 5.92 Å². The summed E-state index contributed by atoms with van der Waals surface area (Å²) >= 11 is 0. The van der Waals surface area contributed by atoms with Gasteiger partial charge in [-0.3, -0.25) is 4.98 Å². The molecule has 1 aliphatic rings. The fraction of sp³-hybridized carbons (Fsp3) is 0.643. The molecule has 0 saturated carbocycles. The summed E-state index contributed by atoms with van der Waals surface area (Å²) in [6.45, 7) is 9.24. The van der Waals surface area contributed by atoms with Crippen molar-refractivity contribution in [1.29, 1.82) is 0 Å². The Morgan fingerprint density at radius 1 is 1.41 bits per heavy atom. The van der Waals surface area contributed by atoms with Gasteiger partial charge in [-0.25, -0.2) is 0 Å². The van der Waals surface area contributed by atoms with Gasteiger partial charge in [0.25, 0.3) is 0 Å². The maximum atomic E-state index is 4.05. The van der Waals surface area contributed by atoms with Crippen LogP contribution in [0.2, 0.25) is 0 Å². The first-order valence-electron chi connectivity index (χ1n) is 6.60. The third kappa shape index (κ3) is 3.79. The normalized spacial score (nSPS) is 21.9. The Morgan fingerprint density at radius 2 is 2.18 bits per heavy atom. The molecule has 1 saturated heterocycles. The van der Waals surface area contributed by atoms with Crippen LogP contribution in [-0.2, 0) is 6.42 Å². The zero-order valence-electron chi connectivity index (χ0n) is 10.9. The first-order valence-corrected chi connectivity index (χ1v) is 6.60. The Morgan fingerprint density at radius 3 is 2.88 bits per heavy atom. The van der Waals surface area contributed by atoms with Gasteiger partial charge < -0.3 is 10.2 Å². The second kappa shape index (κ2) is 6.12. The minimum atomic E-state index is 0.654. The van der Waals surface area contributed by atoms with Crippen molar-refractivity contribution in [1.82, 2.24) is 15.2 Å². The van der Waals surface area contributed by atoms with Crippen molar-refractivity contribution in [2.75, 3.05) is 26.2 Å². The van der Waals surface area contributed by atoms with Gasteiger partial charge >= 0.3 is 0 Å². The van der Waals surface area contributed by atoms with E-state index >= 15 is 0 Å². The van der Waals surface area contributed by atoms with Gasteiger partial charge in [-0.05, 0) is 30.0 Å². The zero-order chi connectivity index (χ0) is 12.1. The van der Waals surface area contributed by atoms with Crippen LogP contribution in [0.15, 0.2) is 24.5 Å². The molecule has 0 bridgehead atoms. The zero-order valence-corrected chi connectivity index (χ0v) is 10.9. The van der Waals surface area contributed by atoms with Crippen molar-refractivity contribution >= 4 is 0 Å². The van der Waals surface area contributed by atoms with Gasteiger partial charge in [-0.2, -0.15) is 0 Å². The van der Waals surface area contributed by atoms with E-state index in [9.17, 15) is 0 Å². The molecular weight excluding hydrogens is 210 g/mol. The summed E-state index contributed by atoms with van der Waals surface area (Å²) in [5.74, 6) is 0.721. The van der Waals surface area contributed by atoms with Gasteiger partial charge in [0.15, 0.2) is 0 Å². The van der Waals surface area contributed by atoms with Crippen molar-refractivity contribution in [3.05, 3.63) is 30.1 Å². The predicted octanol–water partition coefficient (Wildman–Crippen LogP) is 1.55. The van der Waals surface area contributed by atoms with Crippen LogP contribution < -0.4 is 5.32 Å². The summed E-state index contributed by atoms with van der Waals surface area (Å²) in [6.07, 6.45) is 4.89. The van der Waals surface area contributed by atoms with E-state index in [0.717, 1.165) is 25.4 Å². The maximum absolute atomic E-state index is 4.05. The second-order valence-corrected chi connectivity index (χ2v) is 5.21. The smallest absolute Gasteiger partial charge is 0.0270 e. The van der Waals surface area contributed by atoms with E-state index in [-0.39, 0.29) is 0 Å². The monoisotopic (exact) mass is 233 g/mol. The number of aromatic nitrogens is 1. The highest BCUT2D eigenvalue weighted by molar-refractivity contribution is 5.10. The van der Waals surface area contributed by atoms with Crippen molar-refractivity contribution in [3.8, 4) is 0 Å². The minimum Gasteiger partial charge on any atom is -0.311 e. The molecule has 1 atom stereocenters. The van der Waals surface area contributed by atoms with Gasteiger partial charge in [0.2, 0.25) is 0 Å². The lowest BCUT2D eigenvalue weighted by atomic mass is 10.0. The fourth-order valence-corrected chi connectivity index (χ4v) is 2.33. The largest absolute Gasteiger partial charge is 0.311 e. The van der Waals surface area contributed by atoms with Crippen molar-refractivity contribution < 1.29 is 0 Å². The topological polar surface area (TPSA) is 28.2 Å². The van der Waals surface area contributed by atoms with E-state index in [1.54, 1.807) is 0 Å². The Kier molecular flexibility index (Phi) is 4.51. The van der Waals surface area contributed by atoms with Crippen LogP contribution in [0.3, 0.4) is 0 Å². The van der Waals surface area contributed by atoms with Gasteiger partial charge in [0.05, 0.1) is 0 Å². The van der Waals surface area contributed by atoms with Crippen LogP contribution in [0.25, 0.3) is 0 Å². The Labute approximate surface area is 104 Å². The number of nitrogens with zero attached hydrogens (tertiary/aromatic N) is 2. The van der Waals surface area contributed by atoms with E-state index < -0.39 is 0 Å². The highest BCUT2D eigenvalue weighted by atomic mass is 15.2. The number of pyridine rings is 1. The molecule has 1 fully saturated rings. The van der Waals surface area contributed by atoms with E-state index in [2.05, 4.69) is 41.2 Å². The molecule has 1 aliphatic heterocycles. The summed E-state index contributed by atoms with van der Waals surface area (Å²) in [7, 11) is 0. The van der Waals surface area contributed by atoms with Gasteiger partial charge in [0.1, 0.15) is 0 Å². The lowest BCUT2D eigenvalue weighted by molar-refractivity contribution is 0.177. The number of rotatable bonds is 4. The summed E-state index contributed by atoms with van der Waals surface area (Å²) in [4.78, 5) is 6.62. The summed E-state index contributed by atoms with van der Waals surface area (Å²) in [6, 6.07) is 4.88. The average Bonchev–Trinajstić information content (AvgIpc) is 2.38. The van der Waals surface area contributed by atoms with E-state index in [1.165, 1.54) is 18.7 Å². The molecule has 0 radical (unpaired) electrons. The van der Waals surface area contributed by atoms with Crippen LogP contribution in [-0.4, -0.2) is 42.1 Å². The quantitative estimate of drug-likeness (QED) is 0.855. The molecule has 1 unspecified atom stereocenters. The molecule has 3 heteroatoms. The standard InChI is InChI=1S/C14H23N3/c1-12(2)14-11-17(10-8-16-14)9-5-13-3-6-15-7-4-13/h3-4,6-7,12,14,16H,5,8-11H2,1-2H3. The highest BCUT2D eigenvalue weighted by Gasteiger charge is 2.21. The van der Waals surface area contributed by atoms with Gasteiger partial charge in [-0.15, -0.1) is 0 Å². The Bertz CT molecular complexity index is 323. The molecule has 0 aromatic carbocycles. The molecule has 94 valence electrons. The first-order chi connectivity index (χ1) is 8.25. The second-order valence-electron chi connectivity index (χ2n) is 5.21. The molecule has 0 spiro atoms. The lowest BCUT2D eigenvalue weighted by Crippen LogP contribution is -2.53. The van der Waals surface area contributed by atoms with Crippen LogP contribution in [0.5, 0.6) is 0 Å². The van der Waals surface area contributed by atoms with Crippen LogP contribution in [0, 0.1) is 5.92 Å². The van der Waals surface area contributed by atoms with E-state index in [1.807, 2.05) is 12.4 Å². The number of hydrogen-bond donors (Lipinski definition) is 1. The maximum Gasteiger partial charge on any atom is 0.0270 e. The van der Waals surface area contributed by atoms with Crippen LogP contribution in [0.1, 0.15) is 19.4 Å². The van der Waals surface area contributed by atoms with Crippen molar-refractivity contribution in [2.45, 2.75) is 26.3 Å². The molecule has 2 rings (SSSR count). The molecule has 0 amide bonds.